The molecule has 21 heavy (non-hydrogen) atoms. The number of nitrogens with one attached hydrogen (secondary N) is 1. The molecular formula is C11H15ClN2O5S2. The Hall–Kier alpha value is -0.740. The lowest BCUT2D eigenvalue weighted by atomic mass is 9.88. The van der Waals surface area contributed by atoms with Gasteiger partial charge in [0.2, 0.25) is 10.0 Å². The Kier molecular flexibility index (Phi) is 4.89. The van der Waals surface area contributed by atoms with E-state index in [1.807, 2.05) is 0 Å². The lowest BCUT2D eigenvalue weighted by Crippen LogP contribution is -2.38. The number of thiophene rings is 1. The van der Waals surface area contributed by atoms with Gasteiger partial charge in [-0.3, -0.25) is 10.1 Å². The zero-order valence-corrected chi connectivity index (χ0v) is 13.4. The Morgan fingerprint density at radius 1 is 1.48 bits per heavy atom. The van der Waals surface area contributed by atoms with Gasteiger partial charge in [-0.05, 0) is 12.8 Å². The van der Waals surface area contributed by atoms with E-state index in [4.69, 9.17) is 11.6 Å². The molecule has 1 aliphatic carbocycles. The number of halogens is 1. The van der Waals surface area contributed by atoms with Crippen LogP contribution in [0.15, 0.2) is 10.3 Å². The topological polar surface area (TPSA) is 110 Å². The molecule has 0 aliphatic heterocycles. The van der Waals surface area contributed by atoms with Crippen LogP contribution in [0.3, 0.4) is 0 Å². The van der Waals surface area contributed by atoms with Gasteiger partial charge in [-0.2, -0.15) is 0 Å². The van der Waals surface area contributed by atoms with Gasteiger partial charge in [-0.25, -0.2) is 13.1 Å². The van der Waals surface area contributed by atoms with E-state index in [-0.39, 0.29) is 21.7 Å². The summed E-state index contributed by atoms with van der Waals surface area (Å²) in [5.41, 5.74) is -0.847. The van der Waals surface area contributed by atoms with Crippen molar-refractivity contribution in [1.29, 1.82) is 0 Å². The van der Waals surface area contributed by atoms with Gasteiger partial charge in [0.25, 0.3) is 5.69 Å². The molecule has 1 saturated carbocycles. The number of rotatable bonds is 6. The highest BCUT2D eigenvalue weighted by Crippen LogP contribution is 2.39. The molecule has 0 atom stereocenters. The number of aliphatic hydroxyl groups excluding tert-OH is 1. The first-order valence-corrected chi connectivity index (χ1v) is 9.02. The molecule has 1 aromatic heterocycles. The average molecular weight is 355 g/mol. The lowest BCUT2D eigenvalue weighted by molar-refractivity contribution is -0.384. The maximum atomic E-state index is 12.2. The molecule has 1 aliphatic rings. The van der Waals surface area contributed by atoms with Crippen LogP contribution < -0.4 is 4.72 Å². The van der Waals surface area contributed by atoms with Crippen molar-refractivity contribution in [3.8, 4) is 0 Å². The monoisotopic (exact) mass is 354 g/mol. The van der Waals surface area contributed by atoms with Gasteiger partial charge in [0.1, 0.15) is 4.21 Å². The molecule has 0 bridgehead atoms. The highest BCUT2D eigenvalue weighted by molar-refractivity contribution is 7.91. The first-order valence-electron chi connectivity index (χ1n) is 6.34. The second-order valence-electron chi connectivity index (χ2n) is 5.17. The quantitative estimate of drug-likeness (QED) is 0.600. The molecular weight excluding hydrogens is 340 g/mol. The lowest BCUT2D eigenvalue weighted by Gasteiger charge is -2.26. The normalized spacial score (nSPS) is 18.0. The molecule has 1 heterocycles. The Morgan fingerprint density at radius 2 is 2.10 bits per heavy atom. The van der Waals surface area contributed by atoms with Crippen molar-refractivity contribution in [1.82, 2.24) is 4.72 Å². The number of nitro groups is 1. The molecule has 0 radical (unpaired) electrons. The largest absolute Gasteiger partial charge is 0.396 e. The van der Waals surface area contributed by atoms with Crippen LogP contribution in [0.1, 0.15) is 25.7 Å². The average Bonchev–Trinajstić information content (AvgIpc) is 3.04. The van der Waals surface area contributed by atoms with E-state index in [0.29, 0.717) is 11.3 Å². The van der Waals surface area contributed by atoms with E-state index in [1.54, 1.807) is 0 Å². The van der Waals surface area contributed by atoms with Crippen molar-refractivity contribution >= 4 is 38.6 Å². The van der Waals surface area contributed by atoms with Crippen LogP contribution in [-0.2, 0) is 10.0 Å². The van der Waals surface area contributed by atoms with Crippen molar-refractivity contribution in [2.24, 2.45) is 5.41 Å². The SMILES string of the molecule is O=[N+]([O-])c1cc(S(=O)(=O)NCC2(CO)CCCC2)sc1Cl. The molecule has 2 rings (SSSR count). The fourth-order valence-corrected chi connectivity index (χ4v) is 5.30. The van der Waals surface area contributed by atoms with Crippen LogP contribution in [0, 0.1) is 15.5 Å². The van der Waals surface area contributed by atoms with Crippen LogP contribution in [-0.4, -0.2) is 31.6 Å². The summed E-state index contributed by atoms with van der Waals surface area (Å²) in [7, 11) is -3.86. The molecule has 0 amide bonds. The van der Waals surface area contributed by atoms with E-state index >= 15 is 0 Å². The van der Waals surface area contributed by atoms with Gasteiger partial charge in [-0.1, -0.05) is 24.4 Å². The van der Waals surface area contributed by atoms with E-state index < -0.39 is 26.0 Å². The Morgan fingerprint density at radius 3 is 2.57 bits per heavy atom. The fourth-order valence-electron chi connectivity index (χ4n) is 2.43. The molecule has 0 aromatic carbocycles. The Labute approximate surface area is 131 Å². The van der Waals surface area contributed by atoms with Crippen molar-refractivity contribution in [3.05, 3.63) is 20.5 Å². The van der Waals surface area contributed by atoms with Crippen molar-refractivity contribution in [2.75, 3.05) is 13.2 Å². The van der Waals surface area contributed by atoms with Gasteiger partial charge in [0.05, 0.1) is 4.92 Å². The number of sulfonamides is 1. The molecule has 0 saturated heterocycles. The highest BCUT2D eigenvalue weighted by atomic mass is 35.5. The molecule has 1 fully saturated rings. The predicted octanol–water partition coefficient (Wildman–Crippen LogP) is 2.14. The molecule has 0 spiro atoms. The Balaban J connectivity index is 2.15. The molecule has 1 aromatic rings. The molecule has 2 N–H and O–H groups in total. The van der Waals surface area contributed by atoms with Gasteiger partial charge in [-0.15, -0.1) is 11.3 Å². The summed E-state index contributed by atoms with van der Waals surface area (Å²) in [4.78, 5) is 9.99. The second kappa shape index (κ2) is 6.17. The maximum absolute atomic E-state index is 12.2. The number of nitrogens with zero attached hydrogens (tertiary/aromatic N) is 1. The van der Waals surface area contributed by atoms with Gasteiger partial charge in [0, 0.05) is 24.6 Å². The maximum Gasteiger partial charge on any atom is 0.300 e. The van der Waals surface area contributed by atoms with Crippen LogP contribution in [0.5, 0.6) is 0 Å². The molecule has 7 nitrogen and oxygen atoms in total. The third-order valence-electron chi connectivity index (χ3n) is 3.74. The minimum absolute atomic E-state index is 0.0825. The molecule has 10 heteroatoms. The van der Waals surface area contributed by atoms with Crippen molar-refractivity contribution in [2.45, 2.75) is 29.9 Å². The third kappa shape index (κ3) is 3.54. The zero-order valence-electron chi connectivity index (χ0n) is 11.0. The van der Waals surface area contributed by atoms with Gasteiger partial charge in [0.15, 0.2) is 4.34 Å². The standard InChI is InChI=1S/C11H15ClN2O5S2/c12-10-8(14(16)17)5-9(20-10)21(18,19)13-6-11(7-15)3-1-2-4-11/h5,13,15H,1-4,6-7H2. The number of aliphatic hydroxyl groups is 1. The van der Waals surface area contributed by atoms with Crippen LogP contribution in [0.4, 0.5) is 5.69 Å². The summed E-state index contributed by atoms with van der Waals surface area (Å²) in [6, 6.07) is 0.954. The zero-order chi connectivity index (χ0) is 15.7. The Bertz CT molecular complexity index is 637. The van der Waals surface area contributed by atoms with E-state index in [9.17, 15) is 23.6 Å². The first-order chi connectivity index (χ1) is 9.80. The van der Waals surface area contributed by atoms with Gasteiger partial charge < -0.3 is 5.11 Å². The molecule has 118 valence electrons. The summed E-state index contributed by atoms with van der Waals surface area (Å²) in [5, 5.41) is 20.2. The first kappa shape index (κ1) is 16.6. The summed E-state index contributed by atoms with van der Waals surface area (Å²) < 4.78 is 26.4. The van der Waals surface area contributed by atoms with Crippen LogP contribution >= 0.6 is 22.9 Å². The molecule has 0 unspecified atom stereocenters. The summed E-state index contributed by atoms with van der Waals surface area (Å²) in [6.45, 7) is 0.0377. The number of hydrogen-bond donors (Lipinski definition) is 2. The number of hydrogen-bond acceptors (Lipinski definition) is 6. The minimum Gasteiger partial charge on any atom is -0.396 e. The van der Waals surface area contributed by atoms with Gasteiger partial charge >= 0.3 is 0 Å². The van der Waals surface area contributed by atoms with E-state index in [0.717, 1.165) is 31.7 Å². The van der Waals surface area contributed by atoms with E-state index in [2.05, 4.69) is 4.72 Å². The smallest absolute Gasteiger partial charge is 0.300 e. The van der Waals surface area contributed by atoms with Crippen molar-refractivity contribution in [3.63, 3.8) is 0 Å². The fraction of sp³-hybridized carbons (Fsp3) is 0.636. The van der Waals surface area contributed by atoms with Crippen LogP contribution in [0.25, 0.3) is 0 Å². The predicted molar refractivity (Wildman–Crippen MR) is 79.2 cm³/mol. The summed E-state index contributed by atoms with van der Waals surface area (Å²) in [6.07, 6.45) is 3.44. The minimum atomic E-state index is -3.86. The summed E-state index contributed by atoms with van der Waals surface area (Å²) in [5.74, 6) is 0. The van der Waals surface area contributed by atoms with Crippen molar-refractivity contribution < 1.29 is 18.4 Å². The second-order valence-corrected chi connectivity index (χ2v) is 8.82. The van der Waals surface area contributed by atoms with Crippen LogP contribution in [0.2, 0.25) is 4.34 Å². The third-order valence-corrected chi connectivity index (χ3v) is 6.96. The highest BCUT2D eigenvalue weighted by Gasteiger charge is 2.35. The summed E-state index contributed by atoms with van der Waals surface area (Å²) >= 11 is 6.32. The van der Waals surface area contributed by atoms with E-state index in [1.165, 1.54) is 0 Å².